The Morgan fingerprint density at radius 3 is 2.69 bits per heavy atom. The number of aldehydes is 1. The molecule has 2 unspecified atom stereocenters. The summed E-state index contributed by atoms with van der Waals surface area (Å²) in [6.45, 7) is 3.75. The standard InChI is InChI=1S/C13H21NO2/c15-10-13(3-5-16-6-4-13)9-14-8-11-1-2-12(14)7-11/h10-12H,1-9H2. The van der Waals surface area contributed by atoms with Gasteiger partial charge in [0.15, 0.2) is 0 Å². The van der Waals surface area contributed by atoms with Crippen molar-refractivity contribution in [3.63, 3.8) is 0 Å². The first kappa shape index (κ1) is 10.7. The Labute approximate surface area is 97.1 Å². The van der Waals surface area contributed by atoms with E-state index in [1.54, 1.807) is 0 Å². The number of hydrogen-bond donors (Lipinski definition) is 0. The lowest BCUT2D eigenvalue weighted by Crippen LogP contribution is -2.45. The van der Waals surface area contributed by atoms with Gasteiger partial charge in [-0.25, -0.2) is 0 Å². The quantitative estimate of drug-likeness (QED) is 0.679. The van der Waals surface area contributed by atoms with Crippen LogP contribution in [0.2, 0.25) is 0 Å². The molecule has 0 aromatic heterocycles. The number of ether oxygens (including phenoxy) is 1. The van der Waals surface area contributed by atoms with Gasteiger partial charge in [0.2, 0.25) is 0 Å². The van der Waals surface area contributed by atoms with Crippen molar-refractivity contribution in [1.29, 1.82) is 0 Å². The van der Waals surface area contributed by atoms with Crippen LogP contribution in [0.1, 0.15) is 32.1 Å². The van der Waals surface area contributed by atoms with E-state index in [9.17, 15) is 4.79 Å². The van der Waals surface area contributed by atoms with Gasteiger partial charge in [0.25, 0.3) is 0 Å². The third-order valence-corrected chi connectivity index (χ3v) is 4.78. The smallest absolute Gasteiger partial charge is 0.127 e. The number of nitrogens with zero attached hydrogens (tertiary/aromatic N) is 1. The molecule has 0 spiro atoms. The van der Waals surface area contributed by atoms with Crippen LogP contribution in [0.15, 0.2) is 0 Å². The number of carbonyl (C=O) groups excluding carboxylic acids is 1. The minimum atomic E-state index is -0.0945. The molecule has 90 valence electrons. The lowest BCUT2D eigenvalue weighted by Gasteiger charge is -2.38. The normalized spacial score (nSPS) is 37.8. The molecule has 2 aliphatic heterocycles. The zero-order valence-electron chi connectivity index (χ0n) is 9.86. The monoisotopic (exact) mass is 223 g/mol. The molecule has 2 bridgehead atoms. The van der Waals surface area contributed by atoms with Crippen molar-refractivity contribution in [3.05, 3.63) is 0 Å². The highest BCUT2D eigenvalue weighted by Crippen LogP contribution is 2.40. The molecule has 0 radical (unpaired) electrons. The number of likely N-dealkylation sites (tertiary alicyclic amines) is 1. The van der Waals surface area contributed by atoms with Gasteiger partial charge in [-0.1, -0.05) is 0 Å². The number of rotatable bonds is 3. The molecule has 3 aliphatic rings. The van der Waals surface area contributed by atoms with Gasteiger partial charge in [-0.05, 0) is 38.0 Å². The molecule has 0 aromatic rings. The Morgan fingerprint density at radius 1 is 1.31 bits per heavy atom. The maximum Gasteiger partial charge on any atom is 0.127 e. The van der Waals surface area contributed by atoms with E-state index >= 15 is 0 Å². The van der Waals surface area contributed by atoms with Gasteiger partial charge in [-0.3, -0.25) is 4.90 Å². The second-order valence-corrected chi connectivity index (χ2v) is 5.85. The maximum absolute atomic E-state index is 11.4. The zero-order chi connectivity index (χ0) is 11.0. The minimum Gasteiger partial charge on any atom is -0.381 e. The highest BCUT2D eigenvalue weighted by atomic mass is 16.5. The molecular formula is C13H21NO2. The highest BCUT2D eigenvalue weighted by molar-refractivity contribution is 5.60. The summed E-state index contributed by atoms with van der Waals surface area (Å²) < 4.78 is 5.38. The third kappa shape index (κ3) is 1.80. The topological polar surface area (TPSA) is 29.5 Å². The summed E-state index contributed by atoms with van der Waals surface area (Å²) in [6.07, 6.45) is 7.20. The second-order valence-electron chi connectivity index (χ2n) is 5.85. The molecule has 2 atom stereocenters. The number of fused-ring (bicyclic) bond motifs is 2. The first-order chi connectivity index (χ1) is 7.81. The molecule has 3 nitrogen and oxygen atoms in total. The van der Waals surface area contributed by atoms with Crippen molar-refractivity contribution in [2.45, 2.75) is 38.1 Å². The van der Waals surface area contributed by atoms with Crippen LogP contribution >= 0.6 is 0 Å². The van der Waals surface area contributed by atoms with Crippen LogP contribution < -0.4 is 0 Å². The SMILES string of the molecule is O=CC1(CN2CC3CCC2C3)CCOCC1. The van der Waals surface area contributed by atoms with Crippen molar-refractivity contribution < 1.29 is 9.53 Å². The summed E-state index contributed by atoms with van der Waals surface area (Å²) >= 11 is 0. The van der Waals surface area contributed by atoms with Gasteiger partial charge in [0, 0.05) is 37.8 Å². The summed E-state index contributed by atoms with van der Waals surface area (Å²) in [5.41, 5.74) is -0.0945. The van der Waals surface area contributed by atoms with E-state index in [0.29, 0.717) is 0 Å². The molecule has 2 heterocycles. The van der Waals surface area contributed by atoms with Crippen LogP contribution in [-0.4, -0.2) is 43.5 Å². The Hall–Kier alpha value is -0.410. The lowest BCUT2D eigenvalue weighted by atomic mass is 9.81. The Bertz CT molecular complexity index is 273. The van der Waals surface area contributed by atoms with Gasteiger partial charge >= 0.3 is 0 Å². The Balaban J connectivity index is 1.65. The number of carbonyl (C=O) groups is 1. The molecule has 3 fully saturated rings. The van der Waals surface area contributed by atoms with E-state index < -0.39 is 0 Å². The molecule has 0 amide bonds. The van der Waals surface area contributed by atoms with Gasteiger partial charge < -0.3 is 9.53 Å². The fourth-order valence-electron chi connectivity index (χ4n) is 3.72. The van der Waals surface area contributed by atoms with Crippen LogP contribution in [0.5, 0.6) is 0 Å². The van der Waals surface area contributed by atoms with Gasteiger partial charge in [0.1, 0.15) is 6.29 Å². The molecule has 3 heteroatoms. The second kappa shape index (κ2) is 4.11. The first-order valence-electron chi connectivity index (χ1n) is 6.59. The summed E-state index contributed by atoms with van der Waals surface area (Å²) in [5, 5.41) is 0. The predicted octanol–water partition coefficient (Wildman–Crippen LogP) is 1.47. The average molecular weight is 223 g/mol. The van der Waals surface area contributed by atoms with Crippen molar-refractivity contribution >= 4 is 6.29 Å². The molecule has 3 rings (SSSR count). The first-order valence-corrected chi connectivity index (χ1v) is 6.59. The van der Waals surface area contributed by atoms with Crippen molar-refractivity contribution in [2.75, 3.05) is 26.3 Å². The van der Waals surface area contributed by atoms with Crippen LogP contribution in [0, 0.1) is 11.3 Å². The van der Waals surface area contributed by atoms with Crippen LogP contribution in [0.3, 0.4) is 0 Å². The lowest BCUT2D eigenvalue weighted by molar-refractivity contribution is -0.123. The molecule has 16 heavy (non-hydrogen) atoms. The van der Waals surface area contributed by atoms with E-state index in [0.717, 1.165) is 44.6 Å². The fraction of sp³-hybridized carbons (Fsp3) is 0.923. The largest absolute Gasteiger partial charge is 0.381 e. The average Bonchev–Trinajstić information content (AvgIpc) is 2.92. The number of hydrogen-bond acceptors (Lipinski definition) is 3. The van der Waals surface area contributed by atoms with Gasteiger partial charge in [-0.15, -0.1) is 0 Å². The number of piperidine rings is 1. The molecule has 1 aliphatic carbocycles. The molecule has 2 saturated heterocycles. The van der Waals surface area contributed by atoms with Crippen LogP contribution in [0.25, 0.3) is 0 Å². The van der Waals surface area contributed by atoms with Crippen LogP contribution in [0.4, 0.5) is 0 Å². The van der Waals surface area contributed by atoms with Crippen molar-refractivity contribution in [3.8, 4) is 0 Å². The van der Waals surface area contributed by atoms with E-state index in [2.05, 4.69) is 4.90 Å². The van der Waals surface area contributed by atoms with E-state index in [1.165, 1.54) is 32.1 Å². The van der Waals surface area contributed by atoms with Crippen molar-refractivity contribution in [1.82, 2.24) is 4.90 Å². The summed E-state index contributed by atoms with van der Waals surface area (Å²) in [6, 6.07) is 0.782. The molecular weight excluding hydrogens is 202 g/mol. The summed E-state index contributed by atoms with van der Waals surface area (Å²) in [7, 11) is 0. The Kier molecular flexibility index (Phi) is 2.76. The maximum atomic E-state index is 11.4. The van der Waals surface area contributed by atoms with Gasteiger partial charge in [-0.2, -0.15) is 0 Å². The highest BCUT2D eigenvalue weighted by Gasteiger charge is 2.42. The molecule has 0 aromatic carbocycles. The fourth-order valence-corrected chi connectivity index (χ4v) is 3.72. The minimum absolute atomic E-state index is 0.0945. The molecule has 0 N–H and O–H groups in total. The van der Waals surface area contributed by atoms with E-state index in [1.807, 2.05) is 0 Å². The van der Waals surface area contributed by atoms with E-state index in [-0.39, 0.29) is 5.41 Å². The van der Waals surface area contributed by atoms with Gasteiger partial charge in [0.05, 0.1) is 0 Å². The third-order valence-electron chi connectivity index (χ3n) is 4.78. The summed E-state index contributed by atoms with van der Waals surface area (Å²) in [5.74, 6) is 0.925. The zero-order valence-corrected chi connectivity index (χ0v) is 9.86. The molecule has 1 saturated carbocycles. The summed E-state index contributed by atoms with van der Waals surface area (Å²) in [4.78, 5) is 14.0. The predicted molar refractivity (Wildman–Crippen MR) is 61.3 cm³/mol. The van der Waals surface area contributed by atoms with Crippen molar-refractivity contribution in [2.24, 2.45) is 11.3 Å². The van der Waals surface area contributed by atoms with E-state index in [4.69, 9.17) is 4.74 Å². The van der Waals surface area contributed by atoms with Crippen LogP contribution in [-0.2, 0) is 9.53 Å². The Morgan fingerprint density at radius 2 is 2.12 bits per heavy atom.